The predicted molar refractivity (Wildman–Crippen MR) is 58.0 cm³/mol. The number of amides is 2. The molecule has 0 aromatic rings. The smallest absolute Gasteiger partial charge is 0.245 e. The summed E-state index contributed by atoms with van der Waals surface area (Å²) < 4.78 is 24.9. The second-order valence-corrected chi connectivity index (χ2v) is 6.42. The van der Waals surface area contributed by atoms with Crippen LogP contribution in [0.2, 0.25) is 0 Å². The highest BCUT2D eigenvalue weighted by Crippen LogP contribution is 2.17. The van der Waals surface area contributed by atoms with E-state index in [1.807, 2.05) is 0 Å². The molecule has 0 aromatic carbocycles. The molecule has 0 aromatic heterocycles. The van der Waals surface area contributed by atoms with E-state index in [4.69, 9.17) is 0 Å². The topological polar surface area (TPSA) is 83.6 Å². The molecule has 0 radical (unpaired) electrons. The Morgan fingerprint density at radius 1 is 1.44 bits per heavy atom. The van der Waals surface area contributed by atoms with E-state index >= 15 is 0 Å². The van der Waals surface area contributed by atoms with Crippen LogP contribution in [0.1, 0.15) is 27.2 Å². The summed E-state index contributed by atoms with van der Waals surface area (Å²) in [7, 11) is -3.58. The van der Waals surface area contributed by atoms with Crippen molar-refractivity contribution in [3.8, 4) is 0 Å². The lowest BCUT2D eigenvalue weighted by molar-refractivity contribution is -0.137. The third-order valence-electron chi connectivity index (χ3n) is 2.52. The lowest BCUT2D eigenvalue weighted by Gasteiger charge is -2.33. The van der Waals surface area contributed by atoms with Crippen LogP contribution in [-0.4, -0.2) is 42.4 Å². The number of hydrogen-bond donors (Lipinski definition) is 1. The zero-order chi connectivity index (χ0) is 12.5. The molecule has 2 amide bonds. The first-order chi connectivity index (χ1) is 7.30. The van der Waals surface area contributed by atoms with Gasteiger partial charge in [0.15, 0.2) is 0 Å². The number of hydrogen-bond acceptors (Lipinski definition) is 4. The van der Waals surface area contributed by atoms with E-state index in [1.165, 1.54) is 13.8 Å². The van der Waals surface area contributed by atoms with Gasteiger partial charge in [-0.05, 0) is 20.3 Å². The normalized spacial score (nSPS) is 23.6. The molecule has 1 unspecified atom stereocenters. The second-order valence-electron chi connectivity index (χ2n) is 3.98. The van der Waals surface area contributed by atoms with Crippen LogP contribution in [-0.2, 0) is 19.6 Å². The number of sulfonamides is 1. The van der Waals surface area contributed by atoms with Gasteiger partial charge in [0, 0.05) is 0 Å². The van der Waals surface area contributed by atoms with Crippen LogP contribution in [0.3, 0.4) is 0 Å². The number of piperazine rings is 1. The van der Waals surface area contributed by atoms with E-state index in [2.05, 4.69) is 5.32 Å². The Morgan fingerprint density at radius 2 is 2.00 bits per heavy atom. The molecule has 0 aliphatic carbocycles. The van der Waals surface area contributed by atoms with E-state index in [0.29, 0.717) is 6.42 Å². The van der Waals surface area contributed by atoms with E-state index in [-0.39, 0.29) is 6.54 Å². The quantitative estimate of drug-likeness (QED) is 0.680. The lowest BCUT2D eigenvalue weighted by Crippen LogP contribution is -2.60. The highest BCUT2D eigenvalue weighted by Gasteiger charge is 2.40. The molecule has 1 saturated heterocycles. The average molecular weight is 248 g/mol. The van der Waals surface area contributed by atoms with Crippen LogP contribution in [0.25, 0.3) is 0 Å². The lowest BCUT2D eigenvalue weighted by atomic mass is 10.2. The summed E-state index contributed by atoms with van der Waals surface area (Å²) in [6.45, 7) is 4.49. The van der Waals surface area contributed by atoms with Crippen LogP contribution in [0.15, 0.2) is 0 Å². The molecule has 92 valence electrons. The number of imide groups is 1. The van der Waals surface area contributed by atoms with Crippen molar-refractivity contribution < 1.29 is 18.0 Å². The summed E-state index contributed by atoms with van der Waals surface area (Å²) in [6, 6.07) is -0.773. The van der Waals surface area contributed by atoms with Crippen molar-refractivity contribution in [1.29, 1.82) is 0 Å². The Morgan fingerprint density at radius 3 is 2.44 bits per heavy atom. The number of carbonyl (C=O) groups is 2. The Balaban J connectivity index is 3.09. The number of rotatable bonds is 3. The molecule has 1 atom stereocenters. The van der Waals surface area contributed by atoms with Gasteiger partial charge in [-0.2, -0.15) is 4.31 Å². The van der Waals surface area contributed by atoms with Crippen molar-refractivity contribution in [1.82, 2.24) is 9.62 Å². The SMILES string of the molecule is CCC1C(=O)NC(=O)CN1S(=O)(=O)C(C)C. The summed E-state index contributed by atoms with van der Waals surface area (Å²) in [5.41, 5.74) is 0. The van der Waals surface area contributed by atoms with Crippen molar-refractivity contribution in [2.45, 2.75) is 38.5 Å². The summed E-state index contributed by atoms with van der Waals surface area (Å²) in [6.07, 6.45) is 0.352. The van der Waals surface area contributed by atoms with Gasteiger partial charge in [-0.25, -0.2) is 8.42 Å². The summed E-state index contributed by atoms with van der Waals surface area (Å²) in [5, 5.41) is 1.50. The number of nitrogens with one attached hydrogen (secondary N) is 1. The van der Waals surface area contributed by atoms with Gasteiger partial charge in [0.05, 0.1) is 11.8 Å². The zero-order valence-corrected chi connectivity index (χ0v) is 10.4. The molecule has 0 bridgehead atoms. The van der Waals surface area contributed by atoms with Crippen LogP contribution >= 0.6 is 0 Å². The first-order valence-electron chi connectivity index (χ1n) is 5.15. The Labute approximate surface area is 95.0 Å². The van der Waals surface area contributed by atoms with Gasteiger partial charge in [0.2, 0.25) is 21.8 Å². The largest absolute Gasteiger partial charge is 0.294 e. The van der Waals surface area contributed by atoms with Crippen LogP contribution in [0.5, 0.6) is 0 Å². The number of carbonyl (C=O) groups excluding carboxylic acids is 2. The van der Waals surface area contributed by atoms with E-state index < -0.39 is 33.1 Å². The summed E-state index contributed by atoms with van der Waals surface area (Å²) in [4.78, 5) is 22.7. The molecule has 1 aliphatic rings. The van der Waals surface area contributed by atoms with Crippen molar-refractivity contribution in [3.05, 3.63) is 0 Å². The predicted octanol–water partition coefficient (Wildman–Crippen LogP) is -0.538. The van der Waals surface area contributed by atoms with Gasteiger partial charge in [-0.15, -0.1) is 0 Å². The summed E-state index contributed by atoms with van der Waals surface area (Å²) >= 11 is 0. The third kappa shape index (κ3) is 2.25. The molecule has 7 heteroatoms. The Kier molecular flexibility index (Phi) is 3.69. The van der Waals surface area contributed by atoms with Gasteiger partial charge in [-0.3, -0.25) is 14.9 Å². The maximum atomic E-state index is 11.9. The first-order valence-corrected chi connectivity index (χ1v) is 6.65. The van der Waals surface area contributed by atoms with Crippen molar-refractivity contribution in [3.63, 3.8) is 0 Å². The van der Waals surface area contributed by atoms with Crippen molar-refractivity contribution >= 4 is 21.8 Å². The third-order valence-corrected chi connectivity index (χ3v) is 4.75. The maximum Gasteiger partial charge on any atom is 0.245 e. The van der Waals surface area contributed by atoms with Crippen LogP contribution in [0, 0.1) is 0 Å². The monoisotopic (exact) mass is 248 g/mol. The molecule has 1 rings (SSSR count). The molecule has 0 saturated carbocycles. The fraction of sp³-hybridized carbons (Fsp3) is 0.778. The minimum absolute atomic E-state index is 0.273. The standard InChI is InChI=1S/C9H16N2O4S/c1-4-7-9(13)10-8(12)5-11(7)16(14,15)6(2)3/h6-7H,4-5H2,1-3H3,(H,10,12,13). The van der Waals surface area contributed by atoms with Crippen LogP contribution in [0.4, 0.5) is 0 Å². The van der Waals surface area contributed by atoms with Crippen LogP contribution < -0.4 is 5.32 Å². The molecule has 0 spiro atoms. The highest BCUT2D eigenvalue weighted by molar-refractivity contribution is 7.89. The van der Waals surface area contributed by atoms with Gasteiger partial charge >= 0.3 is 0 Å². The van der Waals surface area contributed by atoms with Gasteiger partial charge in [0.25, 0.3) is 0 Å². The highest BCUT2D eigenvalue weighted by atomic mass is 32.2. The van der Waals surface area contributed by atoms with E-state index in [9.17, 15) is 18.0 Å². The molecule has 1 fully saturated rings. The number of nitrogens with zero attached hydrogens (tertiary/aromatic N) is 1. The second kappa shape index (κ2) is 4.50. The fourth-order valence-electron chi connectivity index (χ4n) is 1.57. The van der Waals surface area contributed by atoms with E-state index in [1.54, 1.807) is 6.92 Å². The molecule has 16 heavy (non-hydrogen) atoms. The minimum atomic E-state index is -3.58. The summed E-state index contributed by atoms with van der Waals surface area (Å²) in [5.74, 6) is -1.11. The zero-order valence-electron chi connectivity index (χ0n) is 9.56. The van der Waals surface area contributed by atoms with Crippen molar-refractivity contribution in [2.24, 2.45) is 0 Å². The molecule has 1 N–H and O–H groups in total. The van der Waals surface area contributed by atoms with E-state index in [0.717, 1.165) is 4.31 Å². The maximum absolute atomic E-state index is 11.9. The average Bonchev–Trinajstić information content (AvgIpc) is 2.16. The molecule has 1 aliphatic heterocycles. The molecular weight excluding hydrogens is 232 g/mol. The van der Waals surface area contributed by atoms with Crippen molar-refractivity contribution in [2.75, 3.05) is 6.54 Å². The van der Waals surface area contributed by atoms with Gasteiger partial charge in [0.1, 0.15) is 6.04 Å². The minimum Gasteiger partial charge on any atom is -0.294 e. The Hall–Kier alpha value is -0.950. The Bertz CT molecular complexity index is 402. The van der Waals surface area contributed by atoms with Gasteiger partial charge < -0.3 is 0 Å². The van der Waals surface area contributed by atoms with Gasteiger partial charge in [-0.1, -0.05) is 6.92 Å². The molecule has 6 nitrogen and oxygen atoms in total. The fourth-order valence-corrected chi connectivity index (χ4v) is 3.01. The molecule has 1 heterocycles. The first kappa shape index (κ1) is 13.1. The molecular formula is C9H16N2O4S.